The average Bonchev–Trinajstić information content (AvgIpc) is 3.24. The highest BCUT2D eigenvalue weighted by Crippen LogP contribution is 2.36. The molecule has 0 aliphatic rings. The van der Waals surface area contributed by atoms with Gasteiger partial charge in [0.05, 0.1) is 23.9 Å². The molecule has 0 saturated carbocycles. The number of benzene rings is 2. The lowest BCUT2D eigenvalue weighted by molar-refractivity contribution is -0.137. The topological polar surface area (TPSA) is 83.4 Å². The van der Waals surface area contributed by atoms with E-state index in [-0.39, 0.29) is 23.5 Å². The van der Waals surface area contributed by atoms with Gasteiger partial charge in [0.15, 0.2) is 0 Å². The highest BCUT2D eigenvalue weighted by Gasteiger charge is 2.34. The molecule has 2 amide bonds. The van der Waals surface area contributed by atoms with Crippen molar-refractivity contribution in [2.24, 2.45) is 0 Å². The van der Waals surface area contributed by atoms with Gasteiger partial charge in [-0.3, -0.25) is 9.59 Å². The SMILES string of the molecule is Cc1cccc(C)c1NC(=O)CNc1ccc(NC(=O)c2ccoc2)cc1C(F)(F)F. The lowest BCUT2D eigenvalue weighted by Gasteiger charge is -2.17. The Kier molecular flexibility index (Phi) is 6.33. The minimum absolute atomic E-state index is 0.0379. The maximum Gasteiger partial charge on any atom is 0.418 e. The Morgan fingerprint density at radius 2 is 1.71 bits per heavy atom. The van der Waals surface area contributed by atoms with Gasteiger partial charge in [0.2, 0.25) is 5.91 Å². The van der Waals surface area contributed by atoms with Crippen molar-refractivity contribution in [3.63, 3.8) is 0 Å². The fraction of sp³-hybridized carbons (Fsp3) is 0.182. The third-order valence-electron chi connectivity index (χ3n) is 4.55. The summed E-state index contributed by atoms with van der Waals surface area (Å²) in [6, 6.07) is 10.2. The first-order chi connectivity index (χ1) is 14.6. The van der Waals surface area contributed by atoms with Gasteiger partial charge in [-0.05, 0) is 49.2 Å². The molecule has 0 unspecified atom stereocenters. The molecule has 0 saturated heterocycles. The number of nitrogens with one attached hydrogen (secondary N) is 3. The van der Waals surface area contributed by atoms with Crippen LogP contribution in [0, 0.1) is 13.8 Å². The lowest BCUT2D eigenvalue weighted by Crippen LogP contribution is -2.24. The Morgan fingerprint density at radius 3 is 2.32 bits per heavy atom. The minimum atomic E-state index is -4.69. The van der Waals surface area contributed by atoms with Gasteiger partial charge < -0.3 is 20.4 Å². The number of halogens is 3. The molecular weight excluding hydrogens is 411 g/mol. The molecule has 0 atom stereocenters. The summed E-state index contributed by atoms with van der Waals surface area (Å²) >= 11 is 0. The van der Waals surface area contributed by atoms with Crippen LogP contribution in [0.2, 0.25) is 0 Å². The number of anilines is 3. The molecule has 1 aromatic heterocycles. The van der Waals surface area contributed by atoms with Crippen LogP contribution in [0.5, 0.6) is 0 Å². The number of alkyl halides is 3. The number of rotatable bonds is 6. The normalized spacial score (nSPS) is 11.1. The van der Waals surface area contributed by atoms with Gasteiger partial charge in [-0.15, -0.1) is 0 Å². The smallest absolute Gasteiger partial charge is 0.418 e. The molecule has 0 aliphatic carbocycles. The van der Waals surface area contributed by atoms with Gasteiger partial charge in [-0.2, -0.15) is 13.2 Å². The Bertz CT molecular complexity index is 1070. The van der Waals surface area contributed by atoms with Crippen molar-refractivity contribution in [2.45, 2.75) is 20.0 Å². The number of hydrogen-bond acceptors (Lipinski definition) is 4. The molecule has 3 rings (SSSR count). The van der Waals surface area contributed by atoms with Gasteiger partial charge >= 0.3 is 6.18 Å². The van der Waals surface area contributed by atoms with Crippen LogP contribution in [-0.4, -0.2) is 18.4 Å². The van der Waals surface area contributed by atoms with E-state index in [4.69, 9.17) is 4.42 Å². The third-order valence-corrected chi connectivity index (χ3v) is 4.55. The van der Waals surface area contributed by atoms with Crippen LogP contribution >= 0.6 is 0 Å². The Balaban J connectivity index is 1.73. The van der Waals surface area contributed by atoms with Gasteiger partial charge in [-0.25, -0.2) is 0 Å². The summed E-state index contributed by atoms with van der Waals surface area (Å²) in [4.78, 5) is 24.3. The number of furan rings is 1. The maximum atomic E-state index is 13.5. The molecule has 9 heteroatoms. The predicted molar refractivity (Wildman–Crippen MR) is 111 cm³/mol. The molecule has 6 nitrogen and oxygen atoms in total. The van der Waals surface area contributed by atoms with Gasteiger partial charge in [0.1, 0.15) is 6.26 Å². The average molecular weight is 431 g/mol. The van der Waals surface area contributed by atoms with E-state index in [0.717, 1.165) is 17.2 Å². The van der Waals surface area contributed by atoms with E-state index in [1.165, 1.54) is 30.7 Å². The standard InChI is InChI=1S/C22H20F3N3O3/c1-13-4-3-5-14(2)20(13)28-19(29)11-26-18-7-6-16(10-17(18)22(23,24)25)27-21(30)15-8-9-31-12-15/h3-10,12,26H,11H2,1-2H3,(H,27,30)(H,28,29). The maximum absolute atomic E-state index is 13.5. The first kappa shape index (κ1) is 21.9. The Hall–Kier alpha value is -3.75. The number of amides is 2. The fourth-order valence-corrected chi connectivity index (χ4v) is 2.98. The molecule has 0 aliphatic heterocycles. The minimum Gasteiger partial charge on any atom is -0.472 e. The Labute approximate surface area is 176 Å². The molecule has 0 radical (unpaired) electrons. The molecule has 3 aromatic rings. The second-order valence-corrected chi connectivity index (χ2v) is 6.89. The summed E-state index contributed by atoms with van der Waals surface area (Å²) in [6.07, 6.45) is -2.22. The van der Waals surface area contributed by atoms with E-state index in [0.29, 0.717) is 5.69 Å². The quantitative estimate of drug-likeness (QED) is 0.500. The molecule has 2 aromatic carbocycles. The molecule has 0 bridgehead atoms. The zero-order valence-electron chi connectivity index (χ0n) is 16.8. The molecule has 0 spiro atoms. The number of hydrogen-bond donors (Lipinski definition) is 3. The second-order valence-electron chi connectivity index (χ2n) is 6.89. The molecular formula is C22H20F3N3O3. The number of para-hydroxylation sites is 1. The summed E-state index contributed by atoms with van der Waals surface area (Å²) in [5.74, 6) is -1.08. The van der Waals surface area contributed by atoms with Crippen LogP contribution in [0.3, 0.4) is 0 Å². The van der Waals surface area contributed by atoms with Crippen molar-refractivity contribution in [2.75, 3.05) is 22.5 Å². The third kappa shape index (κ3) is 5.44. The first-order valence-corrected chi connectivity index (χ1v) is 9.30. The van der Waals surface area contributed by atoms with Crippen LogP contribution < -0.4 is 16.0 Å². The number of carbonyl (C=O) groups excluding carboxylic acids is 2. The predicted octanol–water partition coefficient (Wildman–Crippen LogP) is 5.22. The van der Waals surface area contributed by atoms with E-state index >= 15 is 0 Å². The van der Waals surface area contributed by atoms with Crippen LogP contribution in [0.15, 0.2) is 59.4 Å². The van der Waals surface area contributed by atoms with Crippen molar-refractivity contribution < 1.29 is 27.2 Å². The second kappa shape index (κ2) is 8.95. The summed E-state index contributed by atoms with van der Waals surface area (Å²) < 4.78 is 45.4. The van der Waals surface area contributed by atoms with Crippen LogP contribution in [-0.2, 0) is 11.0 Å². The van der Waals surface area contributed by atoms with Crippen molar-refractivity contribution in [1.29, 1.82) is 0 Å². The number of carbonyl (C=O) groups is 2. The lowest BCUT2D eigenvalue weighted by atomic mass is 10.1. The van der Waals surface area contributed by atoms with E-state index in [1.54, 1.807) is 0 Å². The van der Waals surface area contributed by atoms with Crippen LogP contribution in [0.25, 0.3) is 0 Å². The van der Waals surface area contributed by atoms with Gasteiger partial charge in [0, 0.05) is 17.1 Å². The monoisotopic (exact) mass is 431 g/mol. The van der Waals surface area contributed by atoms with Crippen molar-refractivity contribution in [3.8, 4) is 0 Å². The van der Waals surface area contributed by atoms with Crippen molar-refractivity contribution in [3.05, 3.63) is 77.2 Å². The zero-order chi connectivity index (χ0) is 22.6. The van der Waals surface area contributed by atoms with E-state index < -0.39 is 23.6 Å². The zero-order valence-corrected chi connectivity index (χ0v) is 16.8. The molecule has 162 valence electrons. The van der Waals surface area contributed by atoms with Gasteiger partial charge in [-0.1, -0.05) is 18.2 Å². The highest BCUT2D eigenvalue weighted by molar-refractivity contribution is 6.04. The van der Waals surface area contributed by atoms with E-state index in [2.05, 4.69) is 16.0 Å². The fourth-order valence-electron chi connectivity index (χ4n) is 2.98. The highest BCUT2D eigenvalue weighted by atomic mass is 19.4. The largest absolute Gasteiger partial charge is 0.472 e. The van der Waals surface area contributed by atoms with Crippen molar-refractivity contribution in [1.82, 2.24) is 0 Å². The van der Waals surface area contributed by atoms with E-state index in [1.807, 2.05) is 32.0 Å². The molecule has 31 heavy (non-hydrogen) atoms. The molecule has 1 heterocycles. The molecule has 3 N–H and O–H groups in total. The van der Waals surface area contributed by atoms with Crippen LogP contribution in [0.4, 0.5) is 30.2 Å². The summed E-state index contributed by atoms with van der Waals surface area (Å²) in [5.41, 5.74) is 1.19. The number of aryl methyl sites for hydroxylation is 2. The summed E-state index contributed by atoms with van der Waals surface area (Å²) in [7, 11) is 0. The molecule has 0 fully saturated rings. The summed E-state index contributed by atoms with van der Waals surface area (Å²) in [6.45, 7) is 3.29. The Morgan fingerprint density at radius 1 is 1.00 bits per heavy atom. The van der Waals surface area contributed by atoms with Gasteiger partial charge in [0.25, 0.3) is 5.91 Å². The van der Waals surface area contributed by atoms with E-state index in [9.17, 15) is 22.8 Å². The van der Waals surface area contributed by atoms with Crippen molar-refractivity contribution >= 4 is 28.9 Å². The summed E-state index contributed by atoms with van der Waals surface area (Å²) in [5, 5.41) is 7.63. The first-order valence-electron chi connectivity index (χ1n) is 9.30. The van der Waals surface area contributed by atoms with Crippen LogP contribution in [0.1, 0.15) is 27.0 Å².